The maximum atomic E-state index is 11.8. The van der Waals surface area contributed by atoms with Gasteiger partial charge in [0.15, 0.2) is 10.4 Å². The molecule has 0 aromatic carbocycles. The minimum Gasteiger partial charge on any atom is -0.344 e. The topological polar surface area (TPSA) is 107 Å². The summed E-state index contributed by atoms with van der Waals surface area (Å²) in [7, 11) is 0. The van der Waals surface area contributed by atoms with Crippen molar-refractivity contribution in [1.82, 2.24) is 34.8 Å². The van der Waals surface area contributed by atoms with Gasteiger partial charge in [-0.2, -0.15) is 0 Å². The number of aryl methyl sites for hydroxylation is 1. The van der Waals surface area contributed by atoms with Gasteiger partial charge in [-0.25, -0.2) is 9.97 Å². The largest absolute Gasteiger partial charge is 0.344 e. The minimum atomic E-state index is -0.253. The number of imidazole rings is 2. The van der Waals surface area contributed by atoms with E-state index >= 15 is 0 Å². The van der Waals surface area contributed by atoms with Gasteiger partial charge in [-0.15, -0.1) is 0 Å². The molecule has 3 rings (SSSR count). The van der Waals surface area contributed by atoms with Crippen molar-refractivity contribution >= 4 is 39.3 Å². The summed E-state index contributed by atoms with van der Waals surface area (Å²) >= 11 is 8.68. The fourth-order valence-corrected chi connectivity index (χ4v) is 3.15. The first-order valence-corrected chi connectivity index (χ1v) is 8.26. The highest BCUT2D eigenvalue weighted by Crippen LogP contribution is 2.13. The van der Waals surface area contributed by atoms with E-state index in [1.54, 1.807) is 0 Å². The molecule has 4 N–H and O–H groups in total. The average molecular weight is 398 g/mol. The molecule has 3 aromatic rings. The molecule has 0 radical (unpaired) electrons. The number of nitrogens with one attached hydrogen (secondary N) is 4. The number of H-pyrrole nitrogens is 3. The highest BCUT2D eigenvalue weighted by Gasteiger charge is 2.12. The monoisotopic (exact) mass is 397 g/mol. The summed E-state index contributed by atoms with van der Waals surface area (Å²) in [5, 5.41) is 3.40. The molecule has 0 spiro atoms. The van der Waals surface area contributed by atoms with Crippen molar-refractivity contribution in [2.24, 2.45) is 0 Å². The van der Waals surface area contributed by atoms with Crippen molar-refractivity contribution in [1.29, 1.82) is 0 Å². The Morgan fingerprint density at radius 1 is 1.48 bits per heavy atom. The van der Waals surface area contributed by atoms with E-state index in [9.17, 15) is 4.79 Å². The molecule has 3 aromatic heterocycles. The van der Waals surface area contributed by atoms with Crippen LogP contribution in [0.4, 0.5) is 0 Å². The molecular formula is C13H16BrN7OS. The first kappa shape index (κ1) is 16.1. The number of halogens is 1. The molecule has 0 saturated carbocycles. The van der Waals surface area contributed by atoms with Crippen LogP contribution in [-0.2, 0) is 13.1 Å². The molecule has 0 saturated heterocycles. The summed E-state index contributed by atoms with van der Waals surface area (Å²) in [6.45, 7) is 5.18. The van der Waals surface area contributed by atoms with Crippen LogP contribution in [0.5, 0.6) is 0 Å². The highest BCUT2D eigenvalue weighted by molar-refractivity contribution is 9.10. The Labute approximate surface area is 144 Å². The number of fused-ring (bicyclic) bond motifs is 1. The Morgan fingerprint density at radius 3 is 2.96 bits per heavy atom. The molecule has 0 bridgehead atoms. The first-order valence-electron chi connectivity index (χ1n) is 7.06. The predicted molar refractivity (Wildman–Crippen MR) is 92.9 cm³/mol. The Hall–Kier alpha value is -1.78. The van der Waals surface area contributed by atoms with E-state index in [0.29, 0.717) is 29.0 Å². The SMILES string of the molecule is Cc1nc(Br)c(CNC(C)Cn2c(=S)[nH]c(=O)c3[nH]cnc32)[nH]1. The lowest BCUT2D eigenvalue weighted by molar-refractivity contribution is 0.472. The van der Waals surface area contributed by atoms with Crippen molar-refractivity contribution in [2.75, 3.05) is 0 Å². The number of aromatic nitrogens is 6. The van der Waals surface area contributed by atoms with Crippen molar-refractivity contribution in [3.8, 4) is 0 Å². The second kappa shape index (κ2) is 6.38. The Balaban J connectivity index is 1.77. The third-order valence-electron chi connectivity index (χ3n) is 3.50. The highest BCUT2D eigenvalue weighted by atomic mass is 79.9. The second-order valence-corrected chi connectivity index (χ2v) is 6.48. The summed E-state index contributed by atoms with van der Waals surface area (Å²) in [6, 6.07) is 0.114. The van der Waals surface area contributed by atoms with E-state index in [2.05, 4.69) is 46.2 Å². The van der Waals surface area contributed by atoms with Gasteiger partial charge in [0, 0.05) is 19.1 Å². The van der Waals surface area contributed by atoms with E-state index in [4.69, 9.17) is 12.2 Å². The fraction of sp³-hybridized carbons (Fsp3) is 0.385. The van der Waals surface area contributed by atoms with Gasteiger partial charge >= 0.3 is 0 Å². The molecule has 0 aliphatic rings. The fourth-order valence-electron chi connectivity index (χ4n) is 2.40. The molecule has 23 heavy (non-hydrogen) atoms. The number of rotatable bonds is 5. The van der Waals surface area contributed by atoms with Gasteiger partial charge in [-0.05, 0) is 42.0 Å². The third kappa shape index (κ3) is 3.28. The predicted octanol–water partition coefficient (Wildman–Crippen LogP) is 1.75. The molecule has 3 heterocycles. The smallest absolute Gasteiger partial charge is 0.277 e. The van der Waals surface area contributed by atoms with E-state index in [1.165, 1.54) is 6.33 Å². The minimum absolute atomic E-state index is 0.114. The van der Waals surface area contributed by atoms with Gasteiger partial charge in [0.1, 0.15) is 15.9 Å². The number of hydrogen-bond acceptors (Lipinski definition) is 5. The molecule has 122 valence electrons. The summed E-state index contributed by atoms with van der Waals surface area (Å²) in [6.07, 6.45) is 1.49. The molecule has 0 aliphatic heterocycles. The van der Waals surface area contributed by atoms with Crippen LogP contribution in [0.15, 0.2) is 15.7 Å². The van der Waals surface area contributed by atoms with Crippen LogP contribution in [-0.4, -0.2) is 35.5 Å². The molecule has 10 heteroatoms. The second-order valence-electron chi connectivity index (χ2n) is 5.34. The lowest BCUT2D eigenvalue weighted by Crippen LogP contribution is -2.31. The van der Waals surface area contributed by atoms with Gasteiger partial charge in [0.05, 0.1) is 12.0 Å². The molecule has 1 unspecified atom stereocenters. The lowest BCUT2D eigenvalue weighted by atomic mass is 10.3. The molecule has 0 fully saturated rings. The zero-order valence-corrected chi connectivity index (χ0v) is 15.0. The average Bonchev–Trinajstić information content (AvgIpc) is 3.08. The maximum absolute atomic E-state index is 11.8. The number of nitrogens with zero attached hydrogens (tertiary/aromatic N) is 3. The Bertz CT molecular complexity index is 953. The zero-order chi connectivity index (χ0) is 16.6. The van der Waals surface area contributed by atoms with E-state index in [1.807, 2.05) is 18.4 Å². The van der Waals surface area contributed by atoms with Crippen molar-refractivity contribution in [2.45, 2.75) is 33.0 Å². The molecular weight excluding hydrogens is 382 g/mol. The van der Waals surface area contributed by atoms with Crippen LogP contribution in [0.2, 0.25) is 0 Å². The molecule has 0 aliphatic carbocycles. The van der Waals surface area contributed by atoms with Gasteiger partial charge in [0.2, 0.25) is 0 Å². The summed E-state index contributed by atoms with van der Waals surface area (Å²) in [4.78, 5) is 29.0. The van der Waals surface area contributed by atoms with Gasteiger partial charge in [-0.3, -0.25) is 14.3 Å². The van der Waals surface area contributed by atoms with Crippen LogP contribution in [0.1, 0.15) is 18.4 Å². The van der Waals surface area contributed by atoms with Gasteiger partial charge in [-0.1, -0.05) is 0 Å². The van der Waals surface area contributed by atoms with Gasteiger partial charge in [0.25, 0.3) is 5.56 Å². The van der Waals surface area contributed by atoms with Crippen LogP contribution in [0, 0.1) is 11.7 Å². The maximum Gasteiger partial charge on any atom is 0.277 e. The zero-order valence-electron chi connectivity index (χ0n) is 12.6. The van der Waals surface area contributed by atoms with Crippen LogP contribution >= 0.6 is 28.1 Å². The Kier molecular flexibility index (Phi) is 4.46. The van der Waals surface area contributed by atoms with Gasteiger partial charge < -0.3 is 15.3 Å². The first-order chi connectivity index (χ1) is 11.0. The quantitative estimate of drug-likeness (QED) is 0.490. The molecule has 8 nitrogen and oxygen atoms in total. The molecule has 0 amide bonds. The van der Waals surface area contributed by atoms with Crippen molar-refractivity contribution in [3.05, 3.63) is 37.6 Å². The third-order valence-corrected chi connectivity index (χ3v) is 4.48. The van der Waals surface area contributed by atoms with Crippen LogP contribution in [0.3, 0.4) is 0 Å². The summed E-state index contributed by atoms with van der Waals surface area (Å²) in [5.74, 6) is 0.863. The van der Waals surface area contributed by atoms with E-state index < -0.39 is 0 Å². The normalized spacial score (nSPS) is 12.8. The van der Waals surface area contributed by atoms with E-state index in [-0.39, 0.29) is 11.6 Å². The van der Waals surface area contributed by atoms with E-state index in [0.717, 1.165) is 16.1 Å². The Morgan fingerprint density at radius 2 is 2.26 bits per heavy atom. The van der Waals surface area contributed by atoms with Crippen molar-refractivity contribution in [3.63, 3.8) is 0 Å². The molecule has 1 atom stereocenters. The summed E-state index contributed by atoms with van der Waals surface area (Å²) in [5.41, 5.74) is 1.73. The standard InChI is InChI=1S/C13H16BrN7OS/c1-6(15-3-8-10(14)19-7(2)18-8)4-21-11-9(16-5-17-11)12(22)20-13(21)23/h5-6,15H,3-4H2,1-2H3,(H,16,17)(H,18,19)(H,20,22,23). The van der Waals surface area contributed by atoms with Crippen LogP contribution in [0.25, 0.3) is 11.2 Å². The number of aromatic amines is 3. The van der Waals surface area contributed by atoms with Crippen LogP contribution < -0.4 is 10.9 Å². The lowest BCUT2D eigenvalue weighted by Gasteiger charge is -2.16. The van der Waals surface area contributed by atoms with Crippen molar-refractivity contribution < 1.29 is 0 Å². The summed E-state index contributed by atoms with van der Waals surface area (Å²) < 4.78 is 2.99. The number of hydrogen-bond donors (Lipinski definition) is 4.